The molecule has 4 unspecified atom stereocenters. The Morgan fingerprint density at radius 1 is 1.09 bits per heavy atom. The summed E-state index contributed by atoms with van der Waals surface area (Å²) >= 11 is 0. The highest BCUT2D eigenvalue weighted by atomic mass is 14.8. The van der Waals surface area contributed by atoms with Crippen LogP contribution in [0.2, 0.25) is 0 Å². The molecular weight excluding hydrogens is 134 g/mol. The first kappa shape index (κ1) is 6.47. The summed E-state index contributed by atoms with van der Waals surface area (Å²) in [7, 11) is 0. The van der Waals surface area contributed by atoms with Gasteiger partial charge in [0.1, 0.15) is 0 Å². The second-order valence-corrected chi connectivity index (χ2v) is 5.11. The number of hydrogen-bond acceptors (Lipinski definition) is 1. The second kappa shape index (κ2) is 1.82. The fourth-order valence-corrected chi connectivity index (χ4v) is 3.92. The molecule has 3 aliphatic carbocycles. The van der Waals surface area contributed by atoms with E-state index in [-0.39, 0.29) is 0 Å². The molecule has 1 heteroatoms. The fraction of sp³-hybridized carbons (Fsp3) is 1.00. The highest BCUT2D eigenvalue weighted by Crippen LogP contribution is 2.55. The van der Waals surface area contributed by atoms with E-state index in [0.29, 0.717) is 5.54 Å². The molecule has 0 aliphatic heterocycles. The Balaban J connectivity index is 1.99. The van der Waals surface area contributed by atoms with Gasteiger partial charge in [-0.05, 0) is 56.3 Å². The van der Waals surface area contributed by atoms with Crippen molar-refractivity contribution in [3.8, 4) is 0 Å². The second-order valence-electron chi connectivity index (χ2n) is 5.11. The molecule has 0 heterocycles. The van der Waals surface area contributed by atoms with Gasteiger partial charge >= 0.3 is 0 Å². The summed E-state index contributed by atoms with van der Waals surface area (Å²) in [6.45, 7) is 0. The number of fused-ring (bicyclic) bond motifs is 2. The minimum Gasteiger partial charge on any atom is -0.325 e. The van der Waals surface area contributed by atoms with Crippen LogP contribution >= 0.6 is 0 Å². The van der Waals surface area contributed by atoms with Gasteiger partial charge in [0.2, 0.25) is 0 Å². The van der Waals surface area contributed by atoms with Crippen LogP contribution in [0.25, 0.3) is 0 Å². The molecule has 3 bridgehead atoms. The molecule has 0 saturated heterocycles. The topological polar surface area (TPSA) is 26.0 Å². The highest BCUT2D eigenvalue weighted by molar-refractivity contribution is 5.07. The number of rotatable bonds is 0. The molecule has 3 fully saturated rings. The summed E-state index contributed by atoms with van der Waals surface area (Å²) in [6.07, 6.45) is 8.56. The summed E-state index contributed by atoms with van der Waals surface area (Å²) in [5.74, 6) is 3.00. The first-order valence-electron chi connectivity index (χ1n) is 5.05. The molecule has 11 heavy (non-hydrogen) atoms. The van der Waals surface area contributed by atoms with Gasteiger partial charge in [0.15, 0.2) is 0 Å². The van der Waals surface area contributed by atoms with Crippen molar-refractivity contribution >= 4 is 0 Å². The third kappa shape index (κ3) is 0.752. The predicted octanol–water partition coefficient (Wildman–Crippen LogP) is 1.91. The van der Waals surface area contributed by atoms with E-state index in [0.717, 1.165) is 17.8 Å². The maximum atomic E-state index is 6.38. The zero-order valence-electron chi connectivity index (χ0n) is 7.05. The van der Waals surface area contributed by atoms with Gasteiger partial charge in [-0.3, -0.25) is 0 Å². The van der Waals surface area contributed by atoms with Crippen LogP contribution in [0, 0.1) is 17.8 Å². The number of hydrogen-bond donors (Lipinski definition) is 1. The van der Waals surface area contributed by atoms with Gasteiger partial charge in [-0.2, -0.15) is 0 Å². The van der Waals surface area contributed by atoms with Crippen molar-refractivity contribution < 1.29 is 0 Å². The SMILES string of the molecule is NC12CCC3CC(CC1C3)C2. The van der Waals surface area contributed by atoms with Crippen molar-refractivity contribution in [2.75, 3.05) is 0 Å². The average Bonchev–Trinajstić information content (AvgIpc) is 2.11. The van der Waals surface area contributed by atoms with Gasteiger partial charge in [-0.1, -0.05) is 0 Å². The Morgan fingerprint density at radius 3 is 2.82 bits per heavy atom. The largest absolute Gasteiger partial charge is 0.325 e. The van der Waals surface area contributed by atoms with Crippen LogP contribution in [0.1, 0.15) is 38.5 Å². The van der Waals surface area contributed by atoms with Crippen LogP contribution < -0.4 is 5.73 Å². The van der Waals surface area contributed by atoms with Gasteiger partial charge in [0, 0.05) is 5.54 Å². The predicted molar refractivity (Wildman–Crippen MR) is 45.1 cm³/mol. The van der Waals surface area contributed by atoms with Crippen LogP contribution in [-0.4, -0.2) is 5.54 Å². The molecule has 3 aliphatic rings. The van der Waals surface area contributed by atoms with E-state index in [4.69, 9.17) is 5.73 Å². The smallest absolute Gasteiger partial charge is 0.0185 e. The van der Waals surface area contributed by atoms with Crippen LogP contribution in [0.4, 0.5) is 0 Å². The zero-order chi connectivity index (χ0) is 7.47. The standard InChI is InChI=1S/C10H17N/c11-10-2-1-7-3-8(6-10)5-9(10)4-7/h7-9H,1-6,11H2. The third-order valence-corrected chi connectivity index (χ3v) is 4.40. The Labute approximate surface area is 68.3 Å². The van der Waals surface area contributed by atoms with Gasteiger partial charge in [0.05, 0.1) is 0 Å². The average molecular weight is 151 g/mol. The van der Waals surface area contributed by atoms with Crippen LogP contribution in [0.5, 0.6) is 0 Å². The lowest BCUT2D eigenvalue weighted by Crippen LogP contribution is -2.46. The van der Waals surface area contributed by atoms with E-state index in [2.05, 4.69) is 0 Å². The van der Waals surface area contributed by atoms with Crippen molar-refractivity contribution in [2.45, 2.75) is 44.1 Å². The summed E-state index contributed by atoms with van der Waals surface area (Å²) in [6, 6.07) is 0. The Hall–Kier alpha value is -0.0400. The van der Waals surface area contributed by atoms with Gasteiger partial charge in [0.25, 0.3) is 0 Å². The first-order valence-corrected chi connectivity index (χ1v) is 5.05. The molecule has 0 aromatic rings. The Kier molecular flexibility index (Phi) is 1.07. The molecule has 3 rings (SSSR count). The van der Waals surface area contributed by atoms with Crippen molar-refractivity contribution in [3.63, 3.8) is 0 Å². The minimum absolute atomic E-state index is 0.303. The molecule has 4 atom stereocenters. The molecule has 0 aromatic carbocycles. The molecule has 0 amide bonds. The van der Waals surface area contributed by atoms with E-state index >= 15 is 0 Å². The maximum Gasteiger partial charge on any atom is 0.0185 e. The minimum atomic E-state index is 0.303. The molecule has 0 radical (unpaired) electrons. The molecule has 2 N–H and O–H groups in total. The van der Waals surface area contributed by atoms with Gasteiger partial charge in [-0.15, -0.1) is 0 Å². The van der Waals surface area contributed by atoms with Crippen LogP contribution in [-0.2, 0) is 0 Å². The number of nitrogens with two attached hydrogens (primary N) is 1. The monoisotopic (exact) mass is 151 g/mol. The van der Waals surface area contributed by atoms with Crippen molar-refractivity contribution in [3.05, 3.63) is 0 Å². The Morgan fingerprint density at radius 2 is 1.91 bits per heavy atom. The lowest BCUT2D eigenvalue weighted by Gasteiger charge is -2.39. The lowest BCUT2D eigenvalue weighted by atomic mass is 9.69. The lowest BCUT2D eigenvalue weighted by molar-refractivity contribution is 0.154. The first-order chi connectivity index (χ1) is 5.26. The summed E-state index contributed by atoms with van der Waals surface area (Å²) in [5.41, 5.74) is 6.68. The van der Waals surface area contributed by atoms with Crippen molar-refractivity contribution in [1.82, 2.24) is 0 Å². The molecule has 62 valence electrons. The van der Waals surface area contributed by atoms with Crippen LogP contribution in [0.15, 0.2) is 0 Å². The van der Waals surface area contributed by atoms with Gasteiger partial charge in [-0.25, -0.2) is 0 Å². The zero-order valence-corrected chi connectivity index (χ0v) is 7.05. The van der Waals surface area contributed by atoms with E-state index in [1.165, 1.54) is 38.5 Å². The van der Waals surface area contributed by atoms with E-state index in [1.54, 1.807) is 0 Å². The van der Waals surface area contributed by atoms with E-state index < -0.39 is 0 Å². The van der Waals surface area contributed by atoms with Gasteiger partial charge < -0.3 is 5.73 Å². The van der Waals surface area contributed by atoms with E-state index in [9.17, 15) is 0 Å². The molecule has 3 saturated carbocycles. The highest BCUT2D eigenvalue weighted by Gasteiger charge is 2.51. The van der Waals surface area contributed by atoms with Crippen molar-refractivity contribution in [2.24, 2.45) is 23.5 Å². The van der Waals surface area contributed by atoms with E-state index in [1.807, 2.05) is 0 Å². The molecule has 0 aromatic heterocycles. The Bertz CT molecular complexity index is 187. The quantitative estimate of drug-likeness (QED) is 0.562. The summed E-state index contributed by atoms with van der Waals surface area (Å²) < 4.78 is 0. The third-order valence-electron chi connectivity index (χ3n) is 4.40. The summed E-state index contributed by atoms with van der Waals surface area (Å²) in [5, 5.41) is 0. The summed E-state index contributed by atoms with van der Waals surface area (Å²) in [4.78, 5) is 0. The van der Waals surface area contributed by atoms with Crippen LogP contribution in [0.3, 0.4) is 0 Å². The normalized spacial score (nSPS) is 60.3. The maximum absolute atomic E-state index is 6.38. The molecular formula is C10H17N. The van der Waals surface area contributed by atoms with Crippen molar-refractivity contribution in [1.29, 1.82) is 0 Å². The molecule has 0 spiro atoms. The molecule has 1 nitrogen and oxygen atoms in total. The fourth-order valence-electron chi connectivity index (χ4n) is 3.92.